The zero-order valence-electron chi connectivity index (χ0n) is 6.75. The van der Waals surface area contributed by atoms with E-state index in [-0.39, 0.29) is 5.89 Å². The zero-order chi connectivity index (χ0) is 10.1. The van der Waals surface area contributed by atoms with Gasteiger partial charge in [-0.05, 0) is 40.8 Å². The van der Waals surface area contributed by atoms with Crippen LogP contribution in [0.25, 0.3) is 11.5 Å². The molecule has 72 valence electrons. The van der Waals surface area contributed by atoms with Crippen LogP contribution in [0.5, 0.6) is 0 Å². The number of aromatic amines is 1. The molecule has 0 saturated heterocycles. The highest BCUT2D eigenvalue weighted by Gasteiger charge is 2.06. The van der Waals surface area contributed by atoms with E-state index in [4.69, 9.17) is 16.0 Å². The van der Waals surface area contributed by atoms with E-state index in [2.05, 4.69) is 32.8 Å². The SMILES string of the molecule is O=c1[nH]nc(-c2ccc(I)c(Cl)c2)o1. The zero-order valence-corrected chi connectivity index (χ0v) is 9.67. The van der Waals surface area contributed by atoms with Gasteiger partial charge in [-0.1, -0.05) is 11.6 Å². The topological polar surface area (TPSA) is 58.9 Å². The molecule has 0 spiro atoms. The summed E-state index contributed by atoms with van der Waals surface area (Å²) in [5, 5.41) is 6.48. The highest BCUT2D eigenvalue weighted by atomic mass is 127. The smallest absolute Gasteiger partial charge is 0.388 e. The van der Waals surface area contributed by atoms with Gasteiger partial charge in [-0.25, -0.2) is 9.89 Å². The van der Waals surface area contributed by atoms with E-state index in [0.29, 0.717) is 10.6 Å². The van der Waals surface area contributed by atoms with Crippen LogP contribution in [0.4, 0.5) is 0 Å². The third-order valence-electron chi connectivity index (χ3n) is 1.60. The highest BCUT2D eigenvalue weighted by molar-refractivity contribution is 14.1. The Hall–Kier alpha value is -0.820. The predicted octanol–water partition coefficient (Wildman–Crippen LogP) is 2.29. The Morgan fingerprint density at radius 3 is 2.86 bits per heavy atom. The third-order valence-corrected chi connectivity index (χ3v) is 3.18. The molecule has 2 rings (SSSR count). The lowest BCUT2D eigenvalue weighted by molar-refractivity contribution is 0.527. The van der Waals surface area contributed by atoms with Crippen molar-refractivity contribution in [2.75, 3.05) is 0 Å². The van der Waals surface area contributed by atoms with Crippen LogP contribution in [0.3, 0.4) is 0 Å². The lowest BCUT2D eigenvalue weighted by atomic mass is 10.2. The van der Waals surface area contributed by atoms with Gasteiger partial charge in [0.15, 0.2) is 0 Å². The summed E-state index contributed by atoms with van der Waals surface area (Å²) in [5.74, 6) is -0.331. The first-order chi connectivity index (χ1) is 6.66. The van der Waals surface area contributed by atoms with Gasteiger partial charge in [-0.15, -0.1) is 5.10 Å². The molecular formula is C8H4ClIN2O2. The van der Waals surface area contributed by atoms with Crippen molar-refractivity contribution in [2.24, 2.45) is 0 Å². The van der Waals surface area contributed by atoms with E-state index in [0.717, 1.165) is 3.57 Å². The summed E-state index contributed by atoms with van der Waals surface area (Å²) >= 11 is 8.02. The first kappa shape index (κ1) is 9.72. The van der Waals surface area contributed by atoms with E-state index in [9.17, 15) is 4.79 Å². The van der Waals surface area contributed by atoms with Crippen molar-refractivity contribution in [3.63, 3.8) is 0 Å². The van der Waals surface area contributed by atoms with E-state index >= 15 is 0 Å². The van der Waals surface area contributed by atoms with Crippen LogP contribution >= 0.6 is 34.2 Å². The molecule has 2 aromatic rings. The van der Waals surface area contributed by atoms with Crippen LogP contribution in [0.2, 0.25) is 5.02 Å². The fourth-order valence-electron chi connectivity index (χ4n) is 0.982. The van der Waals surface area contributed by atoms with Crippen LogP contribution in [-0.4, -0.2) is 10.2 Å². The number of aromatic nitrogens is 2. The number of halogens is 2. The summed E-state index contributed by atoms with van der Waals surface area (Å²) in [6.45, 7) is 0. The first-order valence-electron chi connectivity index (χ1n) is 3.68. The fourth-order valence-corrected chi connectivity index (χ4v) is 1.50. The van der Waals surface area contributed by atoms with Crippen molar-refractivity contribution < 1.29 is 4.42 Å². The maximum Gasteiger partial charge on any atom is 0.434 e. The monoisotopic (exact) mass is 322 g/mol. The van der Waals surface area contributed by atoms with Crippen LogP contribution in [0.15, 0.2) is 27.4 Å². The second-order valence-electron chi connectivity index (χ2n) is 2.55. The van der Waals surface area contributed by atoms with Gasteiger partial charge in [0.1, 0.15) is 0 Å². The van der Waals surface area contributed by atoms with Crippen molar-refractivity contribution in [1.82, 2.24) is 10.2 Å². The van der Waals surface area contributed by atoms with Crippen LogP contribution in [0.1, 0.15) is 0 Å². The molecule has 0 amide bonds. The van der Waals surface area contributed by atoms with Gasteiger partial charge in [0.05, 0.1) is 5.02 Å². The Bertz CT molecular complexity index is 520. The number of rotatable bonds is 1. The Morgan fingerprint density at radius 2 is 2.29 bits per heavy atom. The molecule has 4 nitrogen and oxygen atoms in total. The molecule has 0 fully saturated rings. The minimum absolute atomic E-state index is 0.244. The number of nitrogens with one attached hydrogen (secondary N) is 1. The molecule has 0 aliphatic carbocycles. The van der Waals surface area contributed by atoms with Gasteiger partial charge in [0.2, 0.25) is 5.89 Å². The summed E-state index contributed by atoms with van der Waals surface area (Å²) in [6, 6.07) is 5.31. The summed E-state index contributed by atoms with van der Waals surface area (Å²) in [6.07, 6.45) is 0. The number of nitrogens with zero attached hydrogens (tertiary/aromatic N) is 1. The van der Waals surface area contributed by atoms with Crippen molar-refractivity contribution in [3.05, 3.63) is 37.3 Å². The normalized spacial score (nSPS) is 10.4. The van der Waals surface area contributed by atoms with Gasteiger partial charge >= 0.3 is 5.76 Å². The second-order valence-corrected chi connectivity index (χ2v) is 4.12. The molecule has 14 heavy (non-hydrogen) atoms. The molecular weight excluding hydrogens is 318 g/mol. The molecule has 1 N–H and O–H groups in total. The van der Waals surface area contributed by atoms with Crippen molar-refractivity contribution in [2.45, 2.75) is 0 Å². The van der Waals surface area contributed by atoms with Crippen molar-refractivity contribution in [3.8, 4) is 11.5 Å². The average molecular weight is 322 g/mol. The Labute approximate surface area is 97.4 Å². The predicted molar refractivity (Wildman–Crippen MR) is 60.3 cm³/mol. The number of H-pyrrole nitrogens is 1. The van der Waals surface area contributed by atoms with Gasteiger partial charge in [0, 0.05) is 9.13 Å². The Balaban J connectivity index is 2.52. The second kappa shape index (κ2) is 3.74. The maximum absolute atomic E-state index is 10.7. The molecule has 1 aromatic heterocycles. The molecule has 0 radical (unpaired) electrons. The Morgan fingerprint density at radius 1 is 1.50 bits per heavy atom. The summed E-state index contributed by atoms with van der Waals surface area (Å²) in [5.41, 5.74) is 0.675. The molecule has 6 heteroatoms. The lowest BCUT2D eigenvalue weighted by Crippen LogP contribution is -1.93. The molecule has 0 atom stereocenters. The minimum atomic E-state index is -0.574. The van der Waals surface area contributed by atoms with E-state index in [1.807, 2.05) is 6.07 Å². The molecule has 0 bridgehead atoms. The third kappa shape index (κ3) is 1.83. The highest BCUT2D eigenvalue weighted by Crippen LogP contribution is 2.24. The van der Waals surface area contributed by atoms with Crippen molar-refractivity contribution >= 4 is 34.2 Å². The number of benzene rings is 1. The number of hydrogen-bond acceptors (Lipinski definition) is 3. The minimum Gasteiger partial charge on any atom is -0.388 e. The van der Waals surface area contributed by atoms with E-state index in [1.165, 1.54) is 0 Å². The molecule has 0 unspecified atom stereocenters. The summed E-state index contributed by atoms with van der Waals surface area (Å²) < 4.78 is 5.72. The fraction of sp³-hybridized carbons (Fsp3) is 0. The summed E-state index contributed by atoms with van der Waals surface area (Å²) in [7, 11) is 0. The van der Waals surface area contributed by atoms with Crippen LogP contribution in [0, 0.1) is 3.57 Å². The molecule has 1 heterocycles. The molecule has 1 aromatic carbocycles. The van der Waals surface area contributed by atoms with Crippen LogP contribution in [-0.2, 0) is 0 Å². The molecule has 0 saturated carbocycles. The Kier molecular flexibility index (Phi) is 2.60. The molecule has 0 aliphatic rings. The van der Waals surface area contributed by atoms with E-state index in [1.54, 1.807) is 12.1 Å². The maximum atomic E-state index is 10.7. The van der Waals surface area contributed by atoms with Gasteiger partial charge in [0.25, 0.3) is 0 Å². The van der Waals surface area contributed by atoms with E-state index < -0.39 is 5.76 Å². The van der Waals surface area contributed by atoms with Crippen molar-refractivity contribution in [1.29, 1.82) is 0 Å². The summed E-state index contributed by atoms with van der Waals surface area (Å²) in [4.78, 5) is 10.7. The quantitative estimate of drug-likeness (QED) is 0.820. The molecule has 0 aliphatic heterocycles. The largest absolute Gasteiger partial charge is 0.434 e. The number of hydrogen-bond donors (Lipinski definition) is 1. The van der Waals surface area contributed by atoms with Gasteiger partial charge in [-0.2, -0.15) is 0 Å². The lowest BCUT2D eigenvalue weighted by Gasteiger charge is -1.97. The van der Waals surface area contributed by atoms with Gasteiger partial charge in [-0.3, -0.25) is 0 Å². The average Bonchev–Trinajstić information content (AvgIpc) is 2.57. The van der Waals surface area contributed by atoms with Gasteiger partial charge < -0.3 is 4.42 Å². The standard InChI is InChI=1S/C8H4ClIN2O2/c9-5-3-4(1-2-6(5)10)7-11-12-8(13)14-7/h1-3H,(H,12,13). The first-order valence-corrected chi connectivity index (χ1v) is 5.13. The van der Waals surface area contributed by atoms with Crippen LogP contribution < -0.4 is 5.76 Å².